The van der Waals surface area contributed by atoms with E-state index in [1.807, 2.05) is 0 Å². The molecule has 0 saturated heterocycles. The van der Waals surface area contributed by atoms with Crippen molar-refractivity contribution in [3.63, 3.8) is 0 Å². The Labute approximate surface area is 93.3 Å². The van der Waals surface area contributed by atoms with E-state index in [9.17, 15) is 0 Å². The van der Waals surface area contributed by atoms with Crippen LogP contribution in [0, 0.1) is 0 Å². The Morgan fingerprint density at radius 1 is 0.923 bits per heavy atom. The van der Waals surface area contributed by atoms with Gasteiger partial charge >= 0.3 is 0 Å². The lowest BCUT2D eigenvalue weighted by atomic mass is 8.50. The van der Waals surface area contributed by atoms with Gasteiger partial charge in [0.05, 0.1) is 0 Å². The lowest BCUT2D eigenvalue weighted by Crippen LogP contribution is -2.69. The topological polar surface area (TPSA) is 0 Å². The monoisotopic (exact) mass is 143 g/mol. The Morgan fingerprint density at radius 3 is 1.38 bits per heavy atom. The fraction of sp³-hybridized carbons (Fsp3) is 0. The molecule has 0 atom stereocenters. The van der Waals surface area contributed by atoms with Gasteiger partial charge in [0, 0.05) is 0 Å². The Bertz CT molecular complexity index is 114. The van der Waals surface area contributed by atoms with Crippen molar-refractivity contribution >= 4 is 93.1 Å². The van der Waals surface area contributed by atoms with Gasteiger partial charge in [0.25, 0.3) is 0 Å². The van der Waals surface area contributed by atoms with Crippen molar-refractivity contribution in [2.75, 3.05) is 0 Å². The smallest absolute Gasteiger partial charge is 0.00000480 e. The van der Waals surface area contributed by atoms with Gasteiger partial charge in [0.15, 0.2) is 0 Å². The van der Waals surface area contributed by atoms with Crippen molar-refractivity contribution in [2.24, 2.45) is 0 Å². The predicted octanol–water partition coefficient (Wildman–Crippen LogP) is -4.95. The fourth-order valence-electron chi connectivity index (χ4n) is 1.28. The quantitative estimate of drug-likeness (QED) is 0.336. The first kappa shape index (κ1) is 13.8. The Hall–Kier alpha value is 0.844. The molecule has 0 N–H and O–H groups in total. The highest BCUT2D eigenvalue weighted by molar-refractivity contribution is 8.07. The van der Waals surface area contributed by atoms with E-state index in [2.05, 4.69) is 0 Å². The molecule has 0 bridgehead atoms. The van der Waals surface area contributed by atoms with Crippen LogP contribution in [0.25, 0.3) is 0 Å². The third-order valence-electron chi connectivity index (χ3n) is 2.00. The van der Waals surface area contributed by atoms with Crippen LogP contribution in [0.4, 0.5) is 0 Å². The molecule has 42 valence electrons. The first-order chi connectivity index (χ1) is 5.91. The van der Waals surface area contributed by atoms with Crippen LogP contribution in [0.3, 0.4) is 0 Å². The molecule has 0 amide bonds. The molecule has 0 rings (SSSR count). The van der Waals surface area contributed by atoms with E-state index < -0.39 is 25.5 Å². The Balaban J connectivity index is 4.49. The molecule has 18 radical (unpaired) electrons. The van der Waals surface area contributed by atoms with E-state index in [0.29, 0.717) is 0 Å². The van der Waals surface area contributed by atoms with Crippen LogP contribution in [0.15, 0.2) is 0 Å². The average molecular weight is 141 g/mol. The summed E-state index contributed by atoms with van der Waals surface area (Å²) in [5.74, 6) is 0. The second-order valence-corrected chi connectivity index (χ2v) is 3.08. The van der Waals surface area contributed by atoms with E-state index in [-0.39, 0.29) is 6.39 Å². The third kappa shape index (κ3) is 4.25. The Kier molecular flexibility index (Phi) is 6.76. The van der Waals surface area contributed by atoms with Crippen LogP contribution < -0.4 is 0 Å². The van der Waals surface area contributed by atoms with Crippen LogP contribution in [0.1, 0.15) is 0 Å². The normalized spacial score (nSPS) is 8.85. The van der Waals surface area contributed by atoms with Crippen molar-refractivity contribution in [1.82, 2.24) is 0 Å². The summed E-state index contributed by atoms with van der Waals surface area (Å²) in [4.78, 5) is 0. The summed E-state index contributed by atoms with van der Waals surface area (Å²) in [6, 6.07) is 0. The highest BCUT2D eigenvalue weighted by Crippen LogP contribution is 1.94. The first-order valence-corrected chi connectivity index (χ1v) is 4.00. The number of hydrogen-bond donors (Lipinski definition) is 0. The summed E-state index contributed by atoms with van der Waals surface area (Å²) in [6.45, 7) is 0. The van der Waals surface area contributed by atoms with E-state index >= 15 is 0 Å². The first-order valence-electron chi connectivity index (χ1n) is 4.00. The van der Waals surface area contributed by atoms with Gasteiger partial charge in [-0.05, 0) is 50.1 Å². The van der Waals surface area contributed by atoms with Gasteiger partial charge in [-0.2, -0.15) is 0 Å². The van der Waals surface area contributed by atoms with Crippen molar-refractivity contribution < 1.29 is 0 Å². The van der Waals surface area contributed by atoms with Crippen molar-refractivity contribution in [3.05, 3.63) is 0 Å². The van der Waals surface area contributed by atoms with E-state index in [1.165, 1.54) is 7.06 Å². The number of rotatable bonds is 5. The highest BCUT2D eigenvalue weighted by Gasteiger charge is 2.23. The summed E-state index contributed by atoms with van der Waals surface area (Å²) in [7, 11) is 39.5. The lowest BCUT2D eigenvalue weighted by Gasteiger charge is -2.51. The summed E-state index contributed by atoms with van der Waals surface area (Å²) in [5.41, 5.74) is 0. The molecule has 0 aliphatic carbocycles. The molecule has 13 heavy (non-hydrogen) atoms. The molecule has 0 aromatic carbocycles. The van der Waals surface area contributed by atoms with Crippen molar-refractivity contribution in [2.45, 2.75) is 0 Å². The van der Waals surface area contributed by atoms with Gasteiger partial charge in [-0.25, -0.2) is 0 Å². The van der Waals surface area contributed by atoms with Gasteiger partial charge in [0.1, 0.15) is 0 Å². The maximum absolute atomic E-state index is 5.48. The molecule has 0 aromatic rings. The fourth-order valence-corrected chi connectivity index (χ4v) is 1.28. The molecule has 0 saturated carbocycles. The van der Waals surface area contributed by atoms with Crippen LogP contribution in [-0.2, 0) is 0 Å². The molecule has 13 heteroatoms. The lowest BCUT2D eigenvalue weighted by molar-refractivity contribution is 3.45. The van der Waals surface area contributed by atoms with Crippen LogP contribution in [0.5, 0.6) is 0 Å². The van der Waals surface area contributed by atoms with E-state index in [4.69, 9.17) is 54.2 Å². The minimum atomic E-state index is -0.695. The second-order valence-electron chi connectivity index (χ2n) is 3.08. The largest absolute Gasteiger partial charge is 0.729 e. The summed E-state index contributed by atoms with van der Waals surface area (Å²) in [5, 5.41) is 0. The summed E-state index contributed by atoms with van der Waals surface area (Å²) < 4.78 is 0. The standard InChI is InChI=1S/B13/c1-8-12(9(2)3)13(10(4)5)11(6)7/q-3. The molecule has 0 fully saturated rings. The second kappa shape index (κ2) is 6.35. The maximum atomic E-state index is 5.48. The molecule has 0 aliphatic heterocycles. The molecule has 0 spiro atoms. The molecular weight excluding hydrogens is 141 g/mol. The van der Waals surface area contributed by atoms with Gasteiger partial charge in [-0.1, -0.05) is 0 Å². The summed E-state index contributed by atoms with van der Waals surface area (Å²) in [6.07, 6.45) is -2.87. The van der Waals surface area contributed by atoms with Crippen LogP contribution in [0.2, 0.25) is 0 Å². The van der Waals surface area contributed by atoms with Crippen LogP contribution >= 0.6 is 0 Å². The Morgan fingerprint density at radius 2 is 1.31 bits per heavy atom. The molecule has 0 unspecified atom stereocenters. The molecular formula is B13-3. The number of hydrogen-bond acceptors (Lipinski definition) is 0. The highest BCUT2D eigenvalue weighted by atomic mass is 13.1. The molecule has 0 aromatic heterocycles. The zero-order valence-electron chi connectivity index (χ0n) is 7.51. The van der Waals surface area contributed by atoms with Crippen LogP contribution in [-0.4, -0.2) is 93.1 Å². The van der Waals surface area contributed by atoms with Gasteiger partial charge in [0.2, 0.25) is 0 Å². The van der Waals surface area contributed by atoms with Gasteiger partial charge in [-0.3, -0.25) is 7.06 Å². The molecule has 0 heterocycles. The van der Waals surface area contributed by atoms with Crippen molar-refractivity contribution in [1.29, 1.82) is 0 Å². The van der Waals surface area contributed by atoms with E-state index in [1.54, 1.807) is 0 Å². The van der Waals surface area contributed by atoms with Gasteiger partial charge in [-0.15, -0.1) is 6.39 Å². The van der Waals surface area contributed by atoms with E-state index in [0.717, 1.165) is 0 Å². The minimum absolute atomic E-state index is 0.389. The third-order valence-corrected chi connectivity index (χ3v) is 2.00. The SMILES string of the molecule is [B]B([B])B(B([B])[B])B([B][B-])B([B-])[B-]. The molecule has 0 aliphatic rings. The predicted molar refractivity (Wildman–Crippen MR) is 74.8 cm³/mol. The van der Waals surface area contributed by atoms with Gasteiger partial charge < -0.3 is 29.6 Å². The molecule has 0 nitrogen and oxygen atoms in total. The maximum Gasteiger partial charge on any atom is -0.00000480 e. The zero-order chi connectivity index (χ0) is 10.6. The summed E-state index contributed by atoms with van der Waals surface area (Å²) >= 11 is 0. The van der Waals surface area contributed by atoms with Crippen molar-refractivity contribution in [3.8, 4) is 0 Å². The average Bonchev–Trinajstić information content (AvgIpc) is 1.97. The zero-order valence-corrected chi connectivity index (χ0v) is 7.51. The minimum Gasteiger partial charge on any atom is -0.729 e.